The Morgan fingerprint density at radius 3 is 2.35 bits per heavy atom. The molecule has 17 heavy (non-hydrogen) atoms. The molecule has 0 bridgehead atoms. The van der Waals surface area contributed by atoms with Crippen molar-refractivity contribution in [3.05, 3.63) is 28.2 Å². The zero-order chi connectivity index (χ0) is 13.1. The summed E-state index contributed by atoms with van der Waals surface area (Å²) in [6.45, 7) is 0. The van der Waals surface area contributed by atoms with Crippen LogP contribution in [0.3, 0.4) is 0 Å². The monoisotopic (exact) mass is 334 g/mol. The van der Waals surface area contributed by atoms with Gasteiger partial charge in [-0.05, 0) is 18.2 Å². The van der Waals surface area contributed by atoms with Gasteiger partial charge in [0.25, 0.3) is 0 Å². The molecule has 1 rings (SSSR count). The second-order valence-corrected chi connectivity index (χ2v) is 6.24. The van der Waals surface area contributed by atoms with E-state index in [0.29, 0.717) is 22.1 Å². The van der Waals surface area contributed by atoms with Crippen LogP contribution in [0.15, 0.2) is 18.2 Å². The number of hydrogen-bond donors (Lipinski definition) is 2. The van der Waals surface area contributed by atoms with Crippen LogP contribution >= 0.6 is 58.0 Å². The number of alkyl halides is 3. The Bertz CT molecular complexity index is 407. The second kappa shape index (κ2) is 6.21. The van der Waals surface area contributed by atoms with Crippen LogP contribution < -0.4 is 10.6 Å². The zero-order valence-corrected chi connectivity index (χ0v) is 12.0. The van der Waals surface area contributed by atoms with E-state index in [1.807, 2.05) is 0 Å². The van der Waals surface area contributed by atoms with E-state index in [2.05, 4.69) is 10.6 Å². The molecule has 0 heterocycles. The Balaban J connectivity index is 2.90. The fraction of sp³-hybridized carbons (Fsp3) is 0.222. The predicted octanol–water partition coefficient (Wildman–Crippen LogP) is 3.85. The highest BCUT2D eigenvalue weighted by atomic mass is 35.6. The fourth-order valence-electron chi connectivity index (χ4n) is 1.05. The van der Waals surface area contributed by atoms with Gasteiger partial charge in [-0.2, -0.15) is 0 Å². The third-order valence-corrected chi connectivity index (χ3v) is 3.00. The van der Waals surface area contributed by atoms with Gasteiger partial charge in [0, 0.05) is 5.02 Å². The van der Waals surface area contributed by atoms with Crippen molar-refractivity contribution >= 4 is 70.1 Å². The summed E-state index contributed by atoms with van der Waals surface area (Å²) in [5.74, 6) is 0. The Hall–Kier alpha value is -0.0600. The summed E-state index contributed by atoms with van der Waals surface area (Å²) < 4.78 is -1.72. The van der Waals surface area contributed by atoms with Crippen LogP contribution in [-0.2, 0) is 4.79 Å². The van der Waals surface area contributed by atoms with E-state index in [9.17, 15) is 4.79 Å². The van der Waals surface area contributed by atoms with Gasteiger partial charge in [-0.1, -0.05) is 58.0 Å². The molecule has 0 aromatic heterocycles. The number of anilines is 1. The molecule has 1 amide bonds. The molecule has 0 fully saturated rings. The Morgan fingerprint density at radius 2 is 1.88 bits per heavy atom. The van der Waals surface area contributed by atoms with Crippen LogP contribution in [0.4, 0.5) is 5.69 Å². The van der Waals surface area contributed by atoms with Gasteiger partial charge in [-0.25, -0.2) is 0 Å². The van der Waals surface area contributed by atoms with Gasteiger partial charge in [0.15, 0.2) is 0 Å². The maximum absolute atomic E-state index is 10.4. The molecule has 0 radical (unpaired) electrons. The van der Waals surface area contributed by atoms with E-state index >= 15 is 0 Å². The van der Waals surface area contributed by atoms with Crippen molar-refractivity contribution < 1.29 is 4.79 Å². The lowest BCUT2D eigenvalue weighted by molar-refractivity contribution is -0.110. The molecule has 1 aromatic rings. The summed E-state index contributed by atoms with van der Waals surface area (Å²) in [7, 11) is 0. The lowest BCUT2D eigenvalue weighted by atomic mass is 10.3. The molecule has 2 N–H and O–H groups in total. The summed E-state index contributed by atoms with van der Waals surface area (Å²) >= 11 is 28.7. The van der Waals surface area contributed by atoms with Crippen molar-refractivity contribution in [3.8, 4) is 0 Å². The first-order chi connectivity index (χ1) is 7.84. The summed E-state index contributed by atoms with van der Waals surface area (Å²) in [4.78, 5) is 10.4. The van der Waals surface area contributed by atoms with Crippen molar-refractivity contribution in [1.82, 2.24) is 5.32 Å². The average molecular weight is 336 g/mol. The normalized spacial score (nSPS) is 13.0. The number of carbonyl (C=O) groups excluding carboxylic acids is 1. The number of carbonyl (C=O) groups is 1. The first-order valence-corrected chi connectivity index (χ1v) is 6.21. The topological polar surface area (TPSA) is 41.1 Å². The van der Waals surface area contributed by atoms with E-state index < -0.39 is 9.96 Å². The molecule has 0 aliphatic heterocycles. The third-order valence-electron chi connectivity index (χ3n) is 1.79. The van der Waals surface area contributed by atoms with Crippen molar-refractivity contribution in [3.63, 3.8) is 0 Å². The quantitative estimate of drug-likeness (QED) is 0.498. The molecule has 3 nitrogen and oxygen atoms in total. The summed E-state index contributed by atoms with van der Waals surface area (Å²) in [5.41, 5.74) is 0.488. The maximum Gasteiger partial charge on any atom is 0.228 e. The minimum Gasteiger partial charge on any atom is -0.361 e. The highest BCUT2D eigenvalue weighted by Gasteiger charge is 2.32. The number of amides is 1. The molecule has 0 spiro atoms. The molecule has 1 atom stereocenters. The van der Waals surface area contributed by atoms with Crippen molar-refractivity contribution in [2.75, 3.05) is 5.32 Å². The highest BCUT2D eigenvalue weighted by molar-refractivity contribution is 6.68. The molecule has 1 unspecified atom stereocenters. The fourth-order valence-corrected chi connectivity index (χ4v) is 1.86. The van der Waals surface area contributed by atoms with Gasteiger partial charge in [-0.15, -0.1) is 0 Å². The largest absolute Gasteiger partial charge is 0.361 e. The third kappa shape index (κ3) is 4.60. The summed E-state index contributed by atoms with van der Waals surface area (Å²) in [6.07, 6.45) is -0.493. The molecular formula is C9H7Cl5N2O. The van der Waals surface area contributed by atoms with E-state index in [0.717, 1.165) is 0 Å². The van der Waals surface area contributed by atoms with E-state index in [-0.39, 0.29) is 0 Å². The van der Waals surface area contributed by atoms with Crippen LogP contribution in [-0.4, -0.2) is 16.4 Å². The number of hydrogen-bond acceptors (Lipinski definition) is 2. The lowest BCUT2D eigenvalue weighted by Crippen LogP contribution is -2.45. The number of nitrogens with one attached hydrogen (secondary N) is 2. The van der Waals surface area contributed by atoms with E-state index in [1.165, 1.54) is 6.07 Å². The molecule has 1 aromatic carbocycles. The predicted molar refractivity (Wildman–Crippen MR) is 73.4 cm³/mol. The molecule has 94 valence electrons. The van der Waals surface area contributed by atoms with Crippen LogP contribution in [0.5, 0.6) is 0 Å². The van der Waals surface area contributed by atoms with Gasteiger partial charge >= 0.3 is 0 Å². The standard InChI is InChI=1S/C9H7Cl5N2O/c10-5-1-2-7(6(11)3-5)16-8(15-4-17)9(12,13)14/h1-4,8,16H,(H,15,17). The Morgan fingerprint density at radius 1 is 1.24 bits per heavy atom. The van der Waals surface area contributed by atoms with Gasteiger partial charge in [-0.3, -0.25) is 4.79 Å². The van der Waals surface area contributed by atoms with E-state index in [4.69, 9.17) is 58.0 Å². The highest BCUT2D eigenvalue weighted by Crippen LogP contribution is 2.33. The van der Waals surface area contributed by atoms with Crippen LogP contribution in [0.2, 0.25) is 10.0 Å². The Kier molecular flexibility index (Phi) is 5.48. The minimum absolute atomic E-state index is 0.351. The maximum atomic E-state index is 10.4. The van der Waals surface area contributed by atoms with Crippen LogP contribution in [0.25, 0.3) is 0 Å². The van der Waals surface area contributed by atoms with Gasteiger partial charge in [0.1, 0.15) is 6.17 Å². The molecule has 0 saturated carbocycles. The van der Waals surface area contributed by atoms with Crippen molar-refractivity contribution in [1.29, 1.82) is 0 Å². The van der Waals surface area contributed by atoms with Crippen molar-refractivity contribution in [2.45, 2.75) is 9.96 Å². The number of rotatable bonds is 4. The first-order valence-electron chi connectivity index (χ1n) is 4.32. The van der Waals surface area contributed by atoms with Gasteiger partial charge < -0.3 is 10.6 Å². The molecule has 0 aliphatic carbocycles. The second-order valence-electron chi connectivity index (χ2n) is 3.03. The van der Waals surface area contributed by atoms with Crippen LogP contribution in [0.1, 0.15) is 0 Å². The first kappa shape index (κ1) is 15.0. The number of benzene rings is 1. The summed E-state index contributed by atoms with van der Waals surface area (Å²) in [5, 5.41) is 5.95. The average Bonchev–Trinajstić information content (AvgIpc) is 2.19. The van der Waals surface area contributed by atoms with E-state index in [1.54, 1.807) is 12.1 Å². The SMILES string of the molecule is O=CNC(Nc1ccc(Cl)cc1Cl)C(Cl)(Cl)Cl. The smallest absolute Gasteiger partial charge is 0.228 e. The number of halogens is 5. The van der Waals surface area contributed by atoms with Crippen molar-refractivity contribution in [2.24, 2.45) is 0 Å². The Labute approximate surface area is 123 Å². The minimum atomic E-state index is -1.72. The molecule has 8 heteroatoms. The summed E-state index contributed by atoms with van der Waals surface area (Å²) in [6, 6.07) is 4.76. The zero-order valence-electron chi connectivity index (χ0n) is 8.18. The molecule has 0 saturated heterocycles. The molecular weight excluding hydrogens is 329 g/mol. The van der Waals surface area contributed by atoms with Gasteiger partial charge in [0.05, 0.1) is 10.7 Å². The lowest BCUT2D eigenvalue weighted by Gasteiger charge is -2.26. The van der Waals surface area contributed by atoms with Gasteiger partial charge in [0.2, 0.25) is 10.2 Å². The molecule has 0 aliphatic rings. The van der Waals surface area contributed by atoms with Crippen LogP contribution in [0, 0.1) is 0 Å².